The lowest BCUT2D eigenvalue weighted by Crippen LogP contribution is -2.49. The summed E-state index contributed by atoms with van der Waals surface area (Å²) in [6.45, 7) is 6.04. The van der Waals surface area contributed by atoms with E-state index < -0.39 is 6.10 Å². The van der Waals surface area contributed by atoms with E-state index in [4.69, 9.17) is 4.74 Å². The molecule has 2 aliphatic rings. The number of pyridine rings is 1. The molecule has 2 aromatic rings. The Hall–Kier alpha value is -2.59. The highest BCUT2D eigenvalue weighted by atomic mass is 35.5. The summed E-state index contributed by atoms with van der Waals surface area (Å²) in [4.78, 5) is 30.9. The van der Waals surface area contributed by atoms with E-state index in [1.807, 2.05) is 24.0 Å². The smallest absolute Gasteiger partial charge is 0.255 e. The molecule has 204 valence electrons. The molecule has 37 heavy (non-hydrogen) atoms. The van der Waals surface area contributed by atoms with Crippen LogP contribution in [-0.4, -0.2) is 71.2 Å². The lowest BCUT2D eigenvalue weighted by Gasteiger charge is -2.32. The van der Waals surface area contributed by atoms with Gasteiger partial charge in [0.2, 0.25) is 5.91 Å². The van der Waals surface area contributed by atoms with Crippen molar-refractivity contribution in [3.05, 3.63) is 53.2 Å². The molecule has 4 N–H and O–H groups in total. The van der Waals surface area contributed by atoms with Crippen molar-refractivity contribution in [2.24, 2.45) is 0 Å². The van der Waals surface area contributed by atoms with Gasteiger partial charge in [0.05, 0.1) is 18.3 Å². The van der Waals surface area contributed by atoms with Gasteiger partial charge in [0, 0.05) is 51.4 Å². The van der Waals surface area contributed by atoms with E-state index in [0.29, 0.717) is 49.8 Å². The first-order chi connectivity index (χ1) is 17.0. The van der Waals surface area contributed by atoms with Crippen molar-refractivity contribution in [2.45, 2.75) is 57.8 Å². The van der Waals surface area contributed by atoms with Gasteiger partial charge in [-0.05, 0) is 43.4 Å². The minimum atomic E-state index is -0.728. The summed E-state index contributed by atoms with van der Waals surface area (Å²) in [6, 6.07) is 9.82. The van der Waals surface area contributed by atoms with Crippen LogP contribution in [0.3, 0.4) is 0 Å². The van der Waals surface area contributed by atoms with Gasteiger partial charge in [-0.15, -0.1) is 24.8 Å². The molecular formula is C26H37Cl2N5O4. The highest BCUT2D eigenvalue weighted by Gasteiger charge is 2.27. The van der Waals surface area contributed by atoms with Crippen LogP contribution in [-0.2, 0) is 17.8 Å². The van der Waals surface area contributed by atoms with Crippen LogP contribution in [0.25, 0.3) is 0 Å². The number of piperidine rings is 1. The van der Waals surface area contributed by atoms with Gasteiger partial charge in [0.1, 0.15) is 0 Å². The van der Waals surface area contributed by atoms with Crippen LogP contribution < -0.4 is 20.7 Å². The Morgan fingerprint density at radius 3 is 2.57 bits per heavy atom. The van der Waals surface area contributed by atoms with Gasteiger partial charge in [0.15, 0.2) is 11.6 Å². The number of amides is 2. The molecule has 3 heterocycles. The highest BCUT2D eigenvalue weighted by molar-refractivity contribution is 5.98. The maximum atomic E-state index is 13.1. The molecule has 0 radical (unpaired) electrons. The number of aromatic nitrogens is 1. The molecule has 0 spiro atoms. The van der Waals surface area contributed by atoms with E-state index in [1.54, 1.807) is 19.2 Å². The Labute approximate surface area is 230 Å². The molecule has 1 fully saturated rings. The maximum Gasteiger partial charge on any atom is 0.255 e. The van der Waals surface area contributed by atoms with Gasteiger partial charge in [0.25, 0.3) is 5.91 Å². The average molecular weight is 555 g/mol. The number of anilines is 1. The Bertz CT molecular complexity index is 1050. The summed E-state index contributed by atoms with van der Waals surface area (Å²) in [5, 5.41) is 20.4. The monoisotopic (exact) mass is 553 g/mol. The number of halogens is 2. The fourth-order valence-electron chi connectivity index (χ4n) is 4.74. The topological polar surface area (TPSA) is 116 Å². The summed E-state index contributed by atoms with van der Waals surface area (Å²) >= 11 is 0. The number of carbonyl (C=O) groups is 2. The predicted octanol–water partition coefficient (Wildman–Crippen LogP) is 2.55. The van der Waals surface area contributed by atoms with E-state index in [1.165, 1.54) is 11.1 Å². The van der Waals surface area contributed by atoms with Crippen molar-refractivity contribution in [3.8, 4) is 5.75 Å². The number of aliphatic hydroxyl groups excluding tert-OH is 1. The Balaban J connectivity index is 0.00000241. The highest BCUT2D eigenvalue weighted by Crippen LogP contribution is 2.29. The number of hydrogen-bond acceptors (Lipinski definition) is 7. The molecular weight excluding hydrogens is 517 g/mol. The zero-order valence-corrected chi connectivity index (χ0v) is 22.9. The number of hydrogen-bond donors (Lipinski definition) is 4. The van der Waals surface area contributed by atoms with E-state index in [-0.39, 0.29) is 55.3 Å². The molecule has 2 amide bonds. The minimum Gasteiger partial charge on any atom is -0.489 e. The molecule has 11 heteroatoms. The number of fused-ring (bicyclic) bond motifs is 1. The van der Waals surface area contributed by atoms with E-state index >= 15 is 0 Å². The third-order valence-corrected chi connectivity index (χ3v) is 6.77. The number of nitrogens with one attached hydrogen (secondary N) is 3. The first kappa shape index (κ1) is 30.6. The van der Waals surface area contributed by atoms with Gasteiger partial charge in [-0.25, -0.2) is 4.98 Å². The Morgan fingerprint density at radius 2 is 1.89 bits per heavy atom. The lowest BCUT2D eigenvalue weighted by atomic mass is 9.93. The zero-order valence-electron chi connectivity index (χ0n) is 21.2. The summed E-state index contributed by atoms with van der Waals surface area (Å²) in [7, 11) is 0. The number of nitrogens with zero attached hydrogens (tertiary/aromatic N) is 2. The van der Waals surface area contributed by atoms with Crippen molar-refractivity contribution in [1.29, 1.82) is 0 Å². The average Bonchev–Trinajstić information content (AvgIpc) is 2.88. The van der Waals surface area contributed by atoms with Crippen LogP contribution in [0.2, 0.25) is 0 Å². The summed E-state index contributed by atoms with van der Waals surface area (Å²) in [5.74, 6) is 0.693. The van der Waals surface area contributed by atoms with Crippen molar-refractivity contribution in [3.63, 3.8) is 0 Å². The SMILES string of the molecule is CCOc1c(C(=O)NCC(O)C2Cc3ccccc3CN2)ccnc1NC1CCN(C(C)=O)CC1.Cl.Cl. The maximum absolute atomic E-state index is 13.1. The summed E-state index contributed by atoms with van der Waals surface area (Å²) in [5.41, 5.74) is 2.84. The Morgan fingerprint density at radius 1 is 1.19 bits per heavy atom. The largest absolute Gasteiger partial charge is 0.489 e. The van der Waals surface area contributed by atoms with Crippen LogP contribution in [0.15, 0.2) is 36.5 Å². The first-order valence-corrected chi connectivity index (χ1v) is 12.4. The van der Waals surface area contributed by atoms with Crippen molar-refractivity contribution in [1.82, 2.24) is 20.5 Å². The fraction of sp³-hybridized carbons (Fsp3) is 0.500. The Kier molecular flexibility index (Phi) is 11.9. The van der Waals surface area contributed by atoms with Gasteiger partial charge < -0.3 is 30.7 Å². The van der Waals surface area contributed by atoms with Crippen molar-refractivity contribution < 1.29 is 19.4 Å². The molecule has 4 rings (SSSR count). The molecule has 2 aliphatic heterocycles. The van der Waals surface area contributed by atoms with Gasteiger partial charge in [-0.3, -0.25) is 9.59 Å². The normalized spacial score (nSPS) is 17.9. The molecule has 1 aromatic heterocycles. The van der Waals surface area contributed by atoms with Crippen LogP contribution in [0.4, 0.5) is 5.82 Å². The third kappa shape index (κ3) is 7.70. The second-order valence-corrected chi connectivity index (χ2v) is 9.13. The zero-order chi connectivity index (χ0) is 24.8. The van der Waals surface area contributed by atoms with E-state index in [0.717, 1.165) is 12.8 Å². The molecule has 2 atom stereocenters. The number of benzene rings is 1. The second-order valence-electron chi connectivity index (χ2n) is 9.13. The summed E-state index contributed by atoms with van der Waals surface area (Å²) in [6.07, 6.45) is 3.16. The third-order valence-electron chi connectivity index (χ3n) is 6.77. The molecule has 1 saturated heterocycles. The minimum absolute atomic E-state index is 0. The lowest BCUT2D eigenvalue weighted by molar-refractivity contribution is -0.129. The fourth-order valence-corrected chi connectivity index (χ4v) is 4.74. The molecule has 0 bridgehead atoms. The van der Waals surface area contributed by atoms with Gasteiger partial charge in [-0.1, -0.05) is 24.3 Å². The molecule has 0 saturated carbocycles. The van der Waals surface area contributed by atoms with Gasteiger partial charge >= 0.3 is 0 Å². The molecule has 2 unspecified atom stereocenters. The first-order valence-electron chi connectivity index (χ1n) is 12.4. The molecule has 9 nitrogen and oxygen atoms in total. The predicted molar refractivity (Wildman–Crippen MR) is 148 cm³/mol. The van der Waals surface area contributed by atoms with Crippen LogP contribution in [0, 0.1) is 0 Å². The number of ether oxygens (including phenoxy) is 1. The number of aliphatic hydroxyl groups is 1. The van der Waals surface area contributed by atoms with Crippen LogP contribution in [0.1, 0.15) is 48.2 Å². The quantitative estimate of drug-likeness (QED) is 0.397. The van der Waals surface area contributed by atoms with Crippen LogP contribution >= 0.6 is 24.8 Å². The number of carbonyl (C=O) groups excluding carboxylic acids is 2. The number of rotatable bonds is 8. The van der Waals surface area contributed by atoms with Crippen LogP contribution in [0.5, 0.6) is 5.75 Å². The van der Waals surface area contributed by atoms with E-state index in [2.05, 4.69) is 33.1 Å². The summed E-state index contributed by atoms with van der Waals surface area (Å²) < 4.78 is 5.83. The van der Waals surface area contributed by atoms with Crippen molar-refractivity contribution in [2.75, 3.05) is 31.6 Å². The standard InChI is InChI=1S/C26H35N5O4.2ClH/c1-3-35-24-21(8-11-27-25(24)30-20-9-12-31(13-10-20)17(2)32)26(34)29-16-23(33)22-14-18-6-4-5-7-19(18)15-28-22;;/h4-8,11,20,22-23,28,33H,3,9-10,12-16H2,1-2H3,(H,27,30)(H,29,34);2*1H. The van der Waals surface area contributed by atoms with E-state index in [9.17, 15) is 14.7 Å². The molecule has 0 aliphatic carbocycles. The van der Waals surface area contributed by atoms with Gasteiger partial charge in [-0.2, -0.15) is 0 Å². The number of likely N-dealkylation sites (tertiary alicyclic amines) is 1. The second kappa shape index (κ2) is 14.4. The van der Waals surface area contributed by atoms with Crippen molar-refractivity contribution >= 4 is 42.4 Å². The molecule has 1 aromatic carbocycles.